The molecule has 0 aliphatic heterocycles. The molecule has 0 atom stereocenters. The van der Waals surface area contributed by atoms with Crippen LogP contribution in [0.3, 0.4) is 0 Å². The van der Waals surface area contributed by atoms with Crippen LogP contribution in [0.4, 0.5) is 14.9 Å². The van der Waals surface area contributed by atoms with Crippen molar-refractivity contribution in [1.29, 1.82) is 0 Å². The van der Waals surface area contributed by atoms with Crippen LogP contribution in [0.1, 0.15) is 0 Å². The molecule has 16 heavy (non-hydrogen) atoms. The summed E-state index contributed by atoms with van der Waals surface area (Å²) in [6.07, 6.45) is 0. The van der Waals surface area contributed by atoms with Gasteiger partial charge in [-0.25, -0.2) is 4.39 Å². The van der Waals surface area contributed by atoms with Gasteiger partial charge in [0.25, 0.3) is 5.24 Å². The van der Waals surface area contributed by atoms with Gasteiger partial charge in [0.15, 0.2) is 0 Å². The zero-order valence-electron chi connectivity index (χ0n) is 9.71. The van der Waals surface area contributed by atoms with Crippen molar-refractivity contribution >= 4 is 30.8 Å². The minimum atomic E-state index is -1.22. The molecule has 5 heteroatoms. The third kappa shape index (κ3) is 5.32. The van der Waals surface area contributed by atoms with E-state index in [4.69, 9.17) is 0 Å². The van der Waals surface area contributed by atoms with Gasteiger partial charge in [-0.1, -0.05) is 37.5 Å². The molecule has 0 aromatic heterocycles. The molecule has 0 saturated carbocycles. The molecule has 0 bridgehead atoms. The number of nitrogens with one attached hydrogen (secondary N) is 1. The highest BCUT2D eigenvalue weighted by Crippen LogP contribution is 2.16. The van der Waals surface area contributed by atoms with Gasteiger partial charge in [0.05, 0.1) is 8.07 Å². The minimum Gasteiger partial charge on any atom is -0.317 e. The largest absolute Gasteiger partial charge is 0.317 e. The lowest BCUT2D eigenvalue weighted by Gasteiger charge is -2.14. The number of carbonyl (C=O) groups is 1. The molecule has 0 aliphatic rings. The van der Waals surface area contributed by atoms with Crippen LogP contribution in [0.5, 0.6) is 0 Å². The highest BCUT2D eigenvalue weighted by molar-refractivity contribution is 8.15. The van der Waals surface area contributed by atoms with Gasteiger partial charge in [0.1, 0.15) is 5.82 Å². The van der Waals surface area contributed by atoms with E-state index in [1.165, 1.54) is 23.9 Å². The lowest BCUT2D eigenvalue weighted by molar-refractivity contribution is 0.270. The fraction of sp³-hybridized carbons (Fsp3) is 0.364. The average Bonchev–Trinajstić information content (AvgIpc) is 2.14. The Balaban J connectivity index is 2.46. The molecule has 0 fully saturated rings. The normalized spacial score (nSPS) is 11.2. The van der Waals surface area contributed by atoms with Crippen molar-refractivity contribution in [3.05, 3.63) is 30.1 Å². The first-order chi connectivity index (χ1) is 7.37. The standard InChI is InChI=1S/C11H16FNOSSi/c1-16(2,3)8-15-11(14)13-10-6-4-5-9(12)7-10/h4-7H,8H2,1-3H3,(H,13,14). The van der Waals surface area contributed by atoms with E-state index in [1.54, 1.807) is 12.1 Å². The second-order valence-corrected chi connectivity index (χ2v) is 11.7. The van der Waals surface area contributed by atoms with E-state index in [-0.39, 0.29) is 11.1 Å². The summed E-state index contributed by atoms with van der Waals surface area (Å²) in [4.78, 5) is 11.5. The van der Waals surface area contributed by atoms with Crippen LogP contribution in [-0.2, 0) is 0 Å². The maximum Gasteiger partial charge on any atom is 0.283 e. The molecule has 1 amide bonds. The summed E-state index contributed by atoms with van der Waals surface area (Å²) < 4.78 is 12.8. The number of carbonyl (C=O) groups excluding carboxylic acids is 1. The molecule has 0 saturated heterocycles. The highest BCUT2D eigenvalue weighted by Gasteiger charge is 2.15. The first-order valence-corrected chi connectivity index (χ1v) is 9.75. The van der Waals surface area contributed by atoms with E-state index in [0.717, 1.165) is 5.38 Å². The van der Waals surface area contributed by atoms with Crippen LogP contribution >= 0.6 is 11.8 Å². The quantitative estimate of drug-likeness (QED) is 0.830. The first-order valence-electron chi connectivity index (χ1n) is 5.06. The molecule has 0 radical (unpaired) electrons. The fourth-order valence-corrected chi connectivity index (χ4v) is 3.45. The third-order valence-electron chi connectivity index (χ3n) is 1.71. The highest BCUT2D eigenvalue weighted by atomic mass is 32.2. The molecule has 1 aromatic carbocycles. The molecule has 1 N–H and O–H groups in total. The summed E-state index contributed by atoms with van der Waals surface area (Å²) >= 11 is 1.27. The Labute approximate surface area is 101 Å². The predicted molar refractivity (Wildman–Crippen MR) is 71.2 cm³/mol. The van der Waals surface area contributed by atoms with E-state index in [2.05, 4.69) is 25.0 Å². The topological polar surface area (TPSA) is 29.1 Å². The molecule has 0 aliphatic carbocycles. The summed E-state index contributed by atoms with van der Waals surface area (Å²) in [5.74, 6) is -0.340. The second kappa shape index (κ2) is 5.50. The van der Waals surface area contributed by atoms with Gasteiger partial charge >= 0.3 is 0 Å². The summed E-state index contributed by atoms with van der Waals surface area (Å²) in [5.41, 5.74) is 0.507. The number of halogens is 1. The number of anilines is 1. The number of rotatable bonds is 3. The average molecular weight is 257 g/mol. The van der Waals surface area contributed by atoms with Gasteiger partial charge in [-0.2, -0.15) is 0 Å². The minimum absolute atomic E-state index is 0.118. The number of hydrogen-bond acceptors (Lipinski definition) is 2. The molecule has 1 aromatic rings. The van der Waals surface area contributed by atoms with E-state index in [0.29, 0.717) is 5.69 Å². The van der Waals surface area contributed by atoms with Crippen molar-refractivity contribution < 1.29 is 9.18 Å². The summed E-state index contributed by atoms with van der Waals surface area (Å²) in [6.45, 7) is 6.61. The maximum atomic E-state index is 12.8. The number of hydrogen-bond donors (Lipinski definition) is 1. The van der Waals surface area contributed by atoms with Crippen molar-refractivity contribution in [1.82, 2.24) is 0 Å². The Morgan fingerprint density at radius 1 is 1.44 bits per heavy atom. The Morgan fingerprint density at radius 3 is 2.69 bits per heavy atom. The van der Waals surface area contributed by atoms with Crippen LogP contribution in [0.2, 0.25) is 19.6 Å². The van der Waals surface area contributed by atoms with Crippen molar-refractivity contribution in [3.63, 3.8) is 0 Å². The molecule has 1 rings (SSSR count). The van der Waals surface area contributed by atoms with Crippen LogP contribution in [-0.4, -0.2) is 18.7 Å². The number of amides is 1. The van der Waals surface area contributed by atoms with Gasteiger partial charge in [-0.15, -0.1) is 0 Å². The van der Waals surface area contributed by atoms with Crippen LogP contribution in [0.15, 0.2) is 24.3 Å². The molecule has 2 nitrogen and oxygen atoms in total. The zero-order valence-corrected chi connectivity index (χ0v) is 11.5. The van der Waals surface area contributed by atoms with Crippen LogP contribution in [0.25, 0.3) is 0 Å². The Bertz CT molecular complexity index is 378. The summed E-state index contributed by atoms with van der Waals surface area (Å²) in [6, 6.07) is 5.92. The predicted octanol–water partition coefficient (Wildman–Crippen LogP) is 3.97. The fourth-order valence-electron chi connectivity index (χ4n) is 1.00. The smallest absolute Gasteiger partial charge is 0.283 e. The van der Waals surface area contributed by atoms with Gasteiger partial charge in [0, 0.05) is 5.69 Å². The number of benzene rings is 1. The van der Waals surface area contributed by atoms with Gasteiger partial charge < -0.3 is 5.32 Å². The van der Waals surface area contributed by atoms with Crippen molar-refractivity contribution in [3.8, 4) is 0 Å². The molecule has 0 heterocycles. The van der Waals surface area contributed by atoms with Crippen molar-refractivity contribution in [2.45, 2.75) is 19.6 Å². The van der Waals surface area contributed by atoms with Gasteiger partial charge in [-0.05, 0) is 23.6 Å². The molecular weight excluding hydrogens is 241 g/mol. The maximum absolute atomic E-state index is 12.8. The zero-order chi connectivity index (χ0) is 12.2. The van der Waals surface area contributed by atoms with Crippen molar-refractivity contribution in [2.75, 3.05) is 10.7 Å². The van der Waals surface area contributed by atoms with E-state index in [9.17, 15) is 9.18 Å². The Kier molecular flexibility index (Phi) is 4.55. The summed E-state index contributed by atoms with van der Waals surface area (Å²) in [5, 5.41) is 3.41. The first kappa shape index (κ1) is 13.3. The van der Waals surface area contributed by atoms with Crippen LogP contribution < -0.4 is 5.32 Å². The van der Waals surface area contributed by atoms with Crippen molar-refractivity contribution in [2.24, 2.45) is 0 Å². The lowest BCUT2D eigenvalue weighted by atomic mass is 10.3. The lowest BCUT2D eigenvalue weighted by Crippen LogP contribution is -2.25. The molecule has 88 valence electrons. The second-order valence-electron chi connectivity index (χ2n) is 4.77. The van der Waals surface area contributed by atoms with Gasteiger partial charge in [-0.3, -0.25) is 4.79 Å². The monoisotopic (exact) mass is 257 g/mol. The Hall–Kier alpha value is -0.813. The Morgan fingerprint density at radius 2 is 2.12 bits per heavy atom. The third-order valence-corrected chi connectivity index (χ3v) is 6.11. The van der Waals surface area contributed by atoms with Crippen LogP contribution in [0, 0.1) is 5.82 Å². The van der Waals surface area contributed by atoms with Gasteiger partial charge in [0.2, 0.25) is 0 Å². The molecular formula is C11H16FNOSSi. The molecule has 0 spiro atoms. The number of thioether (sulfide) groups is 1. The van der Waals surface area contributed by atoms with E-state index in [1.807, 2.05) is 0 Å². The SMILES string of the molecule is C[Si](C)(C)CSC(=O)Nc1cccc(F)c1. The van der Waals surface area contributed by atoms with E-state index >= 15 is 0 Å². The molecule has 0 unspecified atom stereocenters. The van der Waals surface area contributed by atoms with E-state index < -0.39 is 8.07 Å². The summed E-state index contributed by atoms with van der Waals surface area (Å²) in [7, 11) is -1.22.